The lowest BCUT2D eigenvalue weighted by molar-refractivity contribution is -0.120. The molecule has 4 heteroatoms. The van der Waals surface area contributed by atoms with Crippen LogP contribution in [0.3, 0.4) is 0 Å². The zero-order valence-corrected chi connectivity index (χ0v) is 12.0. The number of ether oxygens (including phenoxy) is 1. The highest BCUT2D eigenvalue weighted by molar-refractivity contribution is 5.77. The van der Waals surface area contributed by atoms with E-state index in [1.54, 1.807) is 7.11 Å². The number of carbonyl (C=O) groups excluding carboxylic acids is 1. The van der Waals surface area contributed by atoms with E-state index in [-0.39, 0.29) is 11.9 Å². The van der Waals surface area contributed by atoms with Crippen molar-refractivity contribution >= 4 is 5.91 Å². The molecule has 0 saturated carbocycles. The Kier molecular flexibility index (Phi) is 7.15. The number of hydrogen-bond donors (Lipinski definition) is 2. The molecule has 0 aliphatic rings. The predicted octanol–water partition coefficient (Wildman–Crippen LogP) is 1.80. The molecule has 0 heterocycles. The van der Waals surface area contributed by atoms with E-state index in [0.717, 1.165) is 6.42 Å². The van der Waals surface area contributed by atoms with Crippen molar-refractivity contribution in [3.8, 4) is 0 Å². The van der Waals surface area contributed by atoms with E-state index in [9.17, 15) is 4.79 Å². The second-order valence-electron chi connectivity index (χ2n) is 4.71. The molecule has 0 saturated heterocycles. The average molecular weight is 264 g/mol. The topological polar surface area (TPSA) is 50.4 Å². The Hall–Kier alpha value is -1.39. The van der Waals surface area contributed by atoms with E-state index >= 15 is 0 Å². The molecule has 19 heavy (non-hydrogen) atoms. The van der Waals surface area contributed by atoms with Gasteiger partial charge in [-0.05, 0) is 25.8 Å². The molecule has 0 aliphatic carbocycles. The summed E-state index contributed by atoms with van der Waals surface area (Å²) in [6.07, 6.45) is 0.843. The minimum atomic E-state index is 0.0237. The fourth-order valence-corrected chi connectivity index (χ4v) is 1.81. The molecule has 0 radical (unpaired) electrons. The number of nitrogens with one attached hydrogen (secondary N) is 2. The molecule has 1 aromatic carbocycles. The molecule has 106 valence electrons. The SMILES string of the molecule is COCCCNC(=O)CN[C@@H](C)c1cccc(C)c1. The van der Waals surface area contributed by atoms with Gasteiger partial charge < -0.3 is 15.4 Å². The van der Waals surface area contributed by atoms with Crippen LogP contribution in [0.5, 0.6) is 0 Å². The fourth-order valence-electron chi connectivity index (χ4n) is 1.81. The van der Waals surface area contributed by atoms with Crippen LogP contribution in [0.4, 0.5) is 0 Å². The van der Waals surface area contributed by atoms with Gasteiger partial charge in [0.1, 0.15) is 0 Å². The van der Waals surface area contributed by atoms with E-state index in [1.165, 1.54) is 11.1 Å². The molecule has 4 nitrogen and oxygen atoms in total. The van der Waals surface area contributed by atoms with Crippen LogP contribution < -0.4 is 10.6 Å². The molecule has 0 aromatic heterocycles. The zero-order chi connectivity index (χ0) is 14.1. The van der Waals surface area contributed by atoms with Crippen LogP contribution in [0.25, 0.3) is 0 Å². The standard InChI is InChI=1S/C15H24N2O2/c1-12-6-4-7-14(10-12)13(2)17-11-15(18)16-8-5-9-19-3/h4,6-7,10,13,17H,5,8-9,11H2,1-3H3,(H,16,18)/t13-/m0/s1. The molecule has 1 rings (SSSR count). The van der Waals surface area contributed by atoms with Gasteiger partial charge >= 0.3 is 0 Å². The maximum absolute atomic E-state index is 11.6. The van der Waals surface area contributed by atoms with Crippen LogP contribution >= 0.6 is 0 Å². The third-order valence-corrected chi connectivity index (χ3v) is 2.96. The van der Waals surface area contributed by atoms with Crippen molar-refractivity contribution < 1.29 is 9.53 Å². The highest BCUT2D eigenvalue weighted by atomic mass is 16.5. The molecular formula is C15H24N2O2. The molecule has 0 aliphatic heterocycles. The first-order valence-electron chi connectivity index (χ1n) is 6.69. The molecule has 0 unspecified atom stereocenters. The normalized spacial score (nSPS) is 12.2. The summed E-state index contributed by atoms with van der Waals surface area (Å²) < 4.78 is 4.92. The number of amides is 1. The van der Waals surface area contributed by atoms with Crippen LogP contribution in [-0.4, -0.2) is 32.7 Å². The molecule has 1 aromatic rings. The summed E-state index contributed by atoms with van der Waals surface area (Å²) in [5.74, 6) is 0.0237. The van der Waals surface area contributed by atoms with Crippen molar-refractivity contribution in [2.75, 3.05) is 26.8 Å². The lowest BCUT2D eigenvalue weighted by Gasteiger charge is -2.14. The largest absolute Gasteiger partial charge is 0.385 e. The van der Waals surface area contributed by atoms with Crippen LogP contribution in [0.15, 0.2) is 24.3 Å². The van der Waals surface area contributed by atoms with Crippen molar-refractivity contribution in [3.05, 3.63) is 35.4 Å². The van der Waals surface area contributed by atoms with Gasteiger partial charge in [-0.15, -0.1) is 0 Å². The summed E-state index contributed by atoms with van der Waals surface area (Å²) in [6.45, 7) is 5.80. The van der Waals surface area contributed by atoms with Gasteiger partial charge in [0, 0.05) is 26.3 Å². The maximum atomic E-state index is 11.6. The van der Waals surface area contributed by atoms with Gasteiger partial charge in [0.25, 0.3) is 0 Å². The number of benzene rings is 1. The highest BCUT2D eigenvalue weighted by Gasteiger charge is 2.07. The molecule has 2 N–H and O–H groups in total. The summed E-state index contributed by atoms with van der Waals surface area (Å²) >= 11 is 0. The van der Waals surface area contributed by atoms with Gasteiger partial charge in [-0.2, -0.15) is 0 Å². The zero-order valence-electron chi connectivity index (χ0n) is 12.0. The number of aryl methyl sites for hydroxylation is 1. The summed E-state index contributed by atoms with van der Waals surface area (Å²) in [5.41, 5.74) is 2.43. The Morgan fingerprint density at radius 3 is 2.89 bits per heavy atom. The van der Waals surface area contributed by atoms with Gasteiger partial charge in [0.2, 0.25) is 5.91 Å². The highest BCUT2D eigenvalue weighted by Crippen LogP contribution is 2.13. The Morgan fingerprint density at radius 1 is 1.42 bits per heavy atom. The fraction of sp³-hybridized carbons (Fsp3) is 0.533. The van der Waals surface area contributed by atoms with Crippen molar-refractivity contribution in [1.29, 1.82) is 0 Å². The van der Waals surface area contributed by atoms with Gasteiger partial charge in [0.05, 0.1) is 6.54 Å². The van der Waals surface area contributed by atoms with Crippen molar-refractivity contribution in [1.82, 2.24) is 10.6 Å². The van der Waals surface area contributed by atoms with E-state index in [4.69, 9.17) is 4.74 Å². The van der Waals surface area contributed by atoms with Crippen LogP contribution in [0, 0.1) is 6.92 Å². The van der Waals surface area contributed by atoms with Crippen molar-refractivity contribution in [2.45, 2.75) is 26.3 Å². The molecular weight excluding hydrogens is 240 g/mol. The summed E-state index contributed by atoms with van der Waals surface area (Å²) in [5, 5.41) is 6.08. The van der Waals surface area contributed by atoms with E-state index in [0.29, 0.717) is 19.7 Å². The van der Waals surface area contributed by atoms with Gasteiger partial charge in [-0.1, -0.05) is 29.8 Å². The lowest BCUT2D eigenvalue weighted by Crippen LogP contribution is -2.35. The Bertz CT molecular complexity index is 393. The second-order valence-corrected chi connectivity index (χ2v) is 4.71. The number of rotatable bonds is 8. The number of carbonyl (C=O) groups is 1. The summed E-state index contributed by atoms with van der Waals surface area (Å²) in [7, 11) is 1.66. The van der Waals surface area contributed by atoms with Crippen molar-refractivity contribution in [2.24, 2.45) is 0 Å². The number of methoxy groups -OCH3 is 1. The van der Waals surface area contributed by atoms with Gasteiger partial charge in [0.15, 0.2) is 0 Å². The maximum Gasteiger partial charge on any atom is 0.233 e. The van der Waals surface area contributed by atoms with Crippen molar-refractivity contribution in [3.63, 3.8) is 0 Å². The first kappa shape index (κ1) is 15.7. The van der Waals surface area contributed by atoms with Crippen LogP contribution in [0.1, 0.15) is 30.5 Å². The third-order valence-electron chi connectivity index (χ3n) is 2.96. The monoisotopic (exact) mass is 264 g/mol. The van der Waals surface area contributed by atoms with E-state index < -0.39 is 0 Å². The smallest absolute Gasteiger partial charge is 0.233 e. The third kappa shape index (κ3) is 6.36. The first-order valence-corrected chi connectivity index (χ1v) is 6.69. The Labute approximate surface area is 115 Å². The minimum Gasteiger partial charge on any atom is -0.385 e. The minimum absolute atomic E-state index is 0.0237. The first-order chi connectivity index (χ1) is 9.13. The van der Waals surface area contributed by atoms with Crippen LogP contribution in [0.2, 0.25) is 0 Å². The molecule has 0 spiro atoms. The average Bonchev–Trinajstić information content (AvgIpc) is 2.41. The quantitative estimate of drug-likeness (QED) is 0.704. The molecule has 0 bridgehead atoms. The van der Waals surface area contributed by atoms with Gasteiger partial charge in [-0.3, -0.25) is 4.79 Å². The molecule has 0 fully saturated rings. The molecule has 1 atom stereocenters. The Morgan fingerprint density at radius 2 is 2.21 bits per heavy atom. The molecule has 1 amide bonds. The van der Waals surface area contributed by atoms with Gasteiger partial charge in [-0.25, -0.2) is 0 Å². The number of hydrogen-bond acceptors (Lipinski definition) is 3. The van der Waals surface area contributed by atoms with E-state index in [2.05, 4.69) is 42.7 Å². The summed E-state index contributed by atoms with van der Waals surface area (Å²) in [6, 6.07) is 8.48. The van der Waals surface area contributed by atoms with E-state index in [1.807, 2.05) is 6.07 Å². The second kappa shape index (κ2) is 8.67. The Balaban J connectivity index is 2.26. The summed E-state index contributed by atoms with van der Waals surface area (Å²) in [4.78, 5) is 11.6. The predicted molar refractivity (Wildman–Crippen MR) is 77.1 cm³/mol. The lowest BCUT2D eigenvalue weighted by atomic mass is 10.1. The van der Waals surface area contributed by atoms with Crippen LogP contribution in [-0.2, 0) is 9.53 Å².